The van der Waals surface area contributed by atoms with Gasteiger partial charge in [-0.2, -0.15) is 11.8 Å². The van der Waals surface area contributed by atoms with E-state index in [1.54, 1.807) is 0 Å². The predicted molar refractivity (Wildman–Crippen MR) is 78.5 cm³/mol. The van der Waals surface area contributed by atoms with Gasteiger partial charge < -0.3 is 5.73 Å². The molecule has 1 atom stereocenters. The zero-order valence-corrected chi connectivity index (χ0v) is 11.0. The molecule has 2 aromatic carbocycles. The number of thioether (sulfide) groups is 1. The topological polar surface area (TPSA) is 26.0 Å². The van der Waals surface area contributed by atoms with Gasteiger partial charge in [-0.05, 0) is 34.6 Å². The molecule has 0 saturated heterocycles. The van der Waals surface area contributed by atoms with Crippen LogP contribution >= 0.6 is 11.8 Å². The van der Waals surface area contributed by atoms with Gasteiger partial charge in [0.2, 0.25) is 0 Å². The van der Waals surface area contributed by atoms with Crippen molar-refractivity contribution in [2.24, 2.45) is 5.73 Å². The Balaban J connectivity index is 2.12. The van der Waals surface area contributed by atoms with E-state index in [9.17, 15) is 0 Å². The highest BCUT2D eigenvalue weighted by Crippen LogP contribution is 2.21. The van der Waals surface area contributed by atoms with E-state index in [-0.39, 0.29) is 6.04 Å². The predicted octanol–water partition coefficient (Wildman–Crippen LogP) is 3.98. The highest BCUT2D eigenvalue weighted by molar-refractivity contribution is 7.99. The van der Waals surface area contributed by atoms with E-state index in [4.69, 9.17) is 5.73 Å². The van der Waals surface area contributed by atoms with Gasteiger partial charge in [0.25, 0.3) is 0 Å². The van der Waals surface area contributed by atoms with E-state index in [1.807, 2.05) is 11.8 Å². The average Bonchev–Trinajstić information content (AvgIpc) is 2.38. The summed E-state index contributed by atoms with van der Waals surface area (Å²) in [5.74, 6) is 2.20. The molecule has 2 aromatic rings. The third-order valence-corrected chi connectivity index (χ3v) is 4.14. The minimum absolute atomic E-state index is 0.149. The van der Waals surface area contributed by atoms with E-state index >= 15 is 0 Å². The lowest BCUT2D eigenvalue weighted by Crippen LogP contribution is -2.13. The van der Waals surface area contributed by atoms with E-state index in [0.717, 1.165) is 5.75 Å². The van der Waals surface area contributed by atoms with Gasteiger partial charge >= 0.3 is 0 Å². The summed E-state index contributed by atoms with van der Waals surface area (Å²) in [6, 6.07) is 15.1. The molecule has 0 aliphatic heterocycles. The first-order valence-electron chi connectivity index (χ1n) is 6.13. The largest absolute Gasteiger partial charge is 0.323 e. The number of rotatable bonds is 5. The summed E-state index contributed by atoms with van der Waals surface area (Å²) in [6.07, 6.45) is 1.22. The highest BCUT2D eigenvalue weighted by atomic mass is 32.2. The molecule has 2 heteroatoms. The lowest BCUT2D eigenvalue weighted by molar-refractivity contribution is 0.832. The normalized spacial score (nSPS) is 12.8. The standard InChI is InChI=1S/C15H19NS/c1-2-9-17-11-15(16)14-8-7-12-5-3-4-6-13(12)10-14/h3-8,10,15H,2,9,11,16H2,1H3. The average molecular weight is 245 g/mol. The molecule has 1 nitrogen and oxygen atoms in total. The van der Waals surface area contributed by atoms with Gasteiger partial charge in [-0.3, -0.25) is 0 Å². The molecule has 0 heterocycles. The molecule has 0 aromatic heterocycles. The molecule has 0 radical (unpaired) electrons. The zero-order valence-electron chi connectivity index (χ0n) is 10.2. The molecule has 17 heavy (non-hydrogen) atoms. The molecule has 2 rings (SSSR count). The van der Waals surface area contributed by atoms with Crippen LogP contribution in [0.3, 0.4) is 0 Å². The lowest BCUT2D eigenvalue weighted by Gasteiger charge is -2.12. The van der Waals surface area contributed by atoms with Crippen LogP contribution in [0.25, 0.3) is 10.8 Å². The van der Waals surface area contributed by atoms with Gasteiger partial charge in [0.05, 0.1) is 0 Å². The van der Waals surface area contributed by atoms with Crippen LogP contribution in [0, 0.1) is 0 Å². The zero-order chi connectivity index (χ0) is 12.1. The molecule has 2 N–H and O–H groups in total. The quantitative estimate of drug-likeness (QED) is 0.806. The van der Waals surface area contributed by atoms with Gasteiger partial charge in [-0.1, -0.05) is 43.3 Å². The van der Waals surface area contributed by atoms with Gasteiger partial charge in [-0.25, -0.2) is 0 Å². The Kier molecular flexibility index (Phi) is 4.46. The van der Waals surface area contributed by atoms with Crippen LogP contribution in [-0.4, -0.2) is 11.5 Å². The summed E-state index contributed by atoms with van der Waals surface area (Å²) in [7, 11) is 0. The van der Waals surface area contributed by atoms with Crippen molar-refractivity contribution in [1.29, 1.82) is 0 Å². The molecule has 90 valence electrons. The maximum atomic E-state index is 6.21. The lowest BCUT2D eigenvalue weighted by atomic mass is 10.0. The van der Waals surface area contributed by atoms with Crippen LogP contribution in [0.2, 0.25) is 0 Å². The fourth-order valence-corrected chi connectivity index (χ4v) is 2.79. The van der Waals surface area contributed by atoms with Crippen LogP contribution in [0.15, 0.2) is 42.5 Å². The van der Waals surface area contributed by atoms with Gasteiger partial charge in [0, 0.05) is 11.8 Å². The molecular weight excluding hydrogens is 226 g/mol. The van der Waals surface area contributed by atoms with Crippen LogP contribution in [0.1, 0.15) is 24.9 Å². The van der Waals surface area contributed by atoms with Crippen molar-refractivity contribution >= 4 is 22.5 Å². The molecule has 0 aliphatic rings. The highest BCUT2D eigenvalue weighted by Gasteiger charge is 2.06. The second-order valence-electron chi connectivity index (χ2n) is 4.29. The smallest absolute Gasteiger partial charge is 0.0387 e. The molecule has 0 amide bonds. The fraction of sp³-hybridized carbons (Fsp3) is 0.333. The Hall–Kier alpha value is -0.990. The second kappa shape index (κ2) is 6.08. The van der Waals surface area contributed by atoms with Crippen LogP contribution in [0.5, 0.6) is 0 Å². The maximum Gasteiger partial charge on any atom is 0.0387 e. The summed E-state index contributed by atoms with van der Waals surface area (Å²) >= 11 is 1.94. The molecule has 0 aliphatic carbocycles. The molecule has 1 unspecified atom stereocenters. The fourth-order valence-electron chi connectivity index (χ4n) is 1.89. The molecular formula is C15H19NS. The Labute approximate surface area is 107 Å². The summed E-state index contributed by atoms with van der Waals surface area (Å²) < 4.78 is 0. The first-order chi connectivity index (χ1) is 8.31. The maximum absolute atomic E-state index is 6.21. The molecule has 0 spiro atoms. The van der Waals surface area contributed by atoms with E-state index in [1.165, 1.54) is 28.5 Å². The SMILES string of the molecule is CCCSCC(N)c1ccc2ccccc2c1. The Morgan fingerprint density at radius 2 is 1.88 bits per heavy atom. The summed E-state index contributed by atoms with van der Waals surface area (Å²) in [5.41, 5.74) is 7.45. The number of hydrogen-bond donors (Lipinski definition) is 1. The van der Waals surface area contributed by atoms with Crippen molar-refractivity contribution in [3.05, 3.63) is 48.0 Å². The third kappa shape index (κ3) is 3.24. The minimum Gasteiger partial charge on any atom is -0.323 e. The van der Waals surface area contributed by atoms with E-state index in [0.29, 0.717) is 0 Å². The number of benzene rings is 2. The third-order valence-electron chi connectivity index (χ3n) is 2.85. The van der Waals surface area contributed by atoms with Crippen molar-refractivity contribution in [2.45, 2.75) is 19.4 Å². The van der Waals surface area contributed by atoms with Crippen LogP contribution in [-0.2, 0) is 0 Å². The van der Waals surface area contributed by atoms with Crippen molar-refractivity contribution in [1.82, 2.24) is 0 Å². The number of fused-ring (bicyclic) bond motifs is 1. The Morgan fingerprint density at radius 1 is 1.12 bits per heavy atom. The van der Waals surface area contributed by atoms with Gasteiger partial charge in [0.15, 0.2) is 0 Å². The Morgan fingerprint density at radius 3 is 2.65 bits per heavy atom. The van der Waals surface area contributed by atoms with Crippen molar-refractivity contribution in [3.8, 4) is 0 Å². The molecule has 0 saturated carbocycles. The van der Waals surface area contributed by atoms with E-state index < -0.39 is 0 Å². The number of hydrogen-bond acceptors (Lipinski definition) is 2. The van der Waals surface area contributed by atoms with Crippen molar-refractivity contribution < 1.29 is 0 Å². The van der Waals surface area contributed by atoms with Gasteiger partial charge in [0.1, 0.15) is 0 Å². The number of nitrogens with two attached hydrogens (primary N) is 1. The minimum atomic E-state index is 0.149. The molecule has 0 fully saturated rings. The first-order valence-corrected chi connectivity index (χ1v) is 7.28. The summed E-state index contributed by atoms with van der Waals surface area (Å²) in [5, 5.41) is 2.56. The first kappa shape index (κ1) is 12.5. The van der Waals surface area contributed by atoms with Crippen molar-refractivity contribution in [2.75, 3.05) is 11.5 Å². The second-order valence-corrected chi connectivity index (χ2v) is 5.44. The van der Waals surface area contributed by atoms with Crippen LogP contribution in [0.4, 0.5) is 0 Å². The van der Waals surface area contributed by atoms with Crippen LogP contribution < -0.4 is 5.73 Å². The molecule has 0 bridgehead atoms. The van der Waals surface area contributed by atoms with E-state index in [2.05, 4.69) is 49.4 Å². The van der Waals surface area contributed by atoms with Crippen molar-refractivity contribution in [3.63, 3.8) is 0 Å². The summed E-state index contributed by atoms with van der Waals surface area (Å²) in [4.78, 5) is 0. The van der Waals surface area contributed by atoms with Gasteiger partial charge in [-0.15, -0.1) is 0 Å². The summed E-state index contributed by atoms with van der Waals surface area (Å²) in [6.45, 7) is 2.20. The monoisotopic (exact) mass is 245 g/mol. The Bertz CT molecular complexity index is 481.